The van der Waals surface area contributed by atoms with Gasteiger partial charge in [0, 0.05) is 0 Å². The maximum atomic E-state index is 13.3. The normalized spacial score (nSPS) is 11.3. The van der Waals surface area contributed by atoms with E-state index < -0.39 is 5.69 Å². The Morgan fingerprint density at radius 2 is 1.84 bits per heavy atom. The Kier molecular flexibility index (Phi) is 4.76. The molecule has 0 spiro atoms. The summed E-state index contributed by atoms with van der Waals surface area (Å²) in [4.78, 5) is 43.6. The van der Waals surface area contributed by atoms with Crippen molar-refractivity contribution in [2.45, 2.75) is 13.5 Å². The maximum Gasteiger partial charge on any atom is 0.336 e. The topological polar surface area (TPSA) is 86.0 Å². The number of carbonyl (C=O) groups is 1. The number of rotatable bonds is 4. The first-order chi connectivity index (χ1) is 15.0. The van der Waals surface area contributed by atoms with Crippen molar-refractivity contribution in [2.24, 2.45) is 0 Å². The second-order valence-electron chi connectivity index (χ2n) is 6.97. The second-order valence-corrected chi connectivity index (χ2v) is 8.91. The van der Waals surface area contributed by atoms with Crippen LogP contribution in [0, 0.1) is 6.92 Å². The van der Waals surface area contributed by atoms with Gasteiger partial charge in [-0.1, -0.05) is 41.7 Å². The fourth-order valence-electron chi connectivity index (χ4n) is 3.49. The molecule has 31 heavy (non-hydrogen) atoms. The second kappa shape index (κ2) is 7.60. The molecule has 2 aromatic carbocycles. The van der Waals surface area contributed by atoms with E-state index in [1.807, 2.05) is 43.3 Å². The van der Waals surface area contributed by atoms with Crippen molar-refractivity contribution >= 4 is 54.1 Å². The molecule has 0 aliphatic rings. The highest BCUT2D eigenvalue weighted by atomic mass is 32.1. The molecule has 3 aromatic heterocycles. The van der Waals surface area contributed by atoms with Crippen LogP contribution in [0.25, 0.3) is 26.1 Å². The summed E-state index contributed by atoms with van der Waals surface area (Å²) in [6.45, 7) is 1.61. The standard InChI is InChI=1S/C22H16N4O3S2/c1-13-6-2-4-8-15(13)26-20(28)19-16(10-11-30-19)25(22(26)29)12-18(27)24-21-23-14-7-3-5-9-17(14)31-21/h2-11H,12H2,1H3,(H,23,24,27). The first-order valence-corrected chi connectivity index (χ1v) is 11.2. The number of para-hydroxylation sites is 2. The number of benzene rings is 2. The zero-order valence-electron chi connectivity index (χ0n) is 16.4. The smallest absolute Gasteiger partial charge is 0.300 e. The van der Waals surface area contributed by atoms with E-state index in [2.05, 4.69) is 10.3 Å². The van der Waals surface area contributed by atoms with E-state index in [9.17, 15) is 14.4 Å². The molecule has 7 nitrogen and oxygen atoms in total. The number of thiophene rings is 1. The Balaban J connectivity index is 1.57. The SMILES string of the molecule is Cc1ccccc1-n1c(=O)c2sccc2n(CC(=O)Nc2nc3ccccc3s2)c1=O. The van der Waals surface area contributed by atoms with Crippen LogP contribution < -0.4 is 16.6 Å². The van der Waals surface area contributed by atoms with Crippen LogP contribution in [0.3, 0.4) is 0 Å². The molecular weight excluding hydrogens is 432 g/mol. The van der Waals surface area contributed by atoms with Crippen LogP contribution in [0.4, 0.5) is 5.13 Å². The lowest BCUT2D eigenvalue weighted by molar-refractivity contribution is -0.116. The first kappa shape index (κ1) is 19.4. The minimum atomic E-state index is -0.551. The average molecular weight is 449 g/mol. The van der Waals surface area contributed by atoms with Crippen LogP contribution in [0.5, 0.6) is 0 Å². The Hall–Kier alpha value is -3.56. The third kappa shape index (κ3) is 3.37. The number of aryl methyl sites for hydroxylation is 1. The van der Waals surface area contributed by atoms with Crippen molar-refractivity contribution in [3.8, 4) is 5.69 Å². The van der Waals surface area contributed by atoms with Crippen LogP contribution in [0.15, 0.2) is 69.6 Å². The van der Waals surface area contributed by atoms with Gasteiger partial charge in [0.2, 0.25) is 5.91 Å². The predicted octanol–water partition coefficient (Wildman–Crippen LogP) is 3.77. The van der Waals surface area contributed by atoms with Crippen molar-refractivity contribution in [1.82, 2.24) is 14.1 Å². The lowest BCUT2D eigenvalue weighted by Gasteiger charge is -2.13. The summed E-state index contributed by atoms with van der Waals surface area (Å²) in [6.07, 6.45) is 0. The van der Waals surface area contributed by atoms with E-state index >= 15 is 0 Å². The third-order valence-electron chi connectivity index (χ3n) is 4.95. The molecule has 5 rings (SSSR count). The van der Waals surface area contributed by atoms with Crippen molar-refractivity contribution in [3.05, 3.63) is 86.4 Å². The highest BCUT2D eigenvalue weighted by Crippen LogP contribution is 2.25. The molecule has 3 heterocycles. The summed E-state index contributed by atoms with van der Waals surface area (Å²) in [7, 11) is 0. The molecule has 0 fully saturated rings. The monoisotopic (exact) mass is 448 g/mol. The molecule has 9 heteroatoms. The molecule has 0 saturated heterocycles. The van der Waals surface area contributed by atoms with Crippen LogP contribution in [-0.4, -0.2) is 20.0 Å². The molecule has 0 aliphatic carbocycles. The zero-order valence-corrected chi connectivity index (χ0v) is 18.0. The Labute approximate surface area is 183 Å². The van der Waals surface area contributed by atoms with Gasteiger partial charge in [0.25, 0.3) is 5.56 Å². The van der Waals surface area contributed by atoms with Gasteiger partial charge < -0.3 is 5.32 Å². The Morgan fingerprint density at radius 3 is 2.65 bits per heavy atom. The van der Waals surface area contributed by atoms with Gasteiger partial charge in [-0.15, -0.1) is 11.3 Å². The van der Waals surface area contributed by atoms with E-state index in [0.717, 1.165) is 20.3 Å². The summed E-state index contributed by atoms with van der Waals surface area (Å²) < 4.78 is 3.86. The predicted molar refractivity (Wildman–Crippen MR) is 125 cm³/mol. The highest BCUT2D eigenvalue weighted by molar-refractivity contribution is 7.22. The van der Waals surface area contributed by atoms with Gasteiger partial charge in [-0.3, -0.25) is 14.2 Å². The lowest BCUT2D eigenvalue weighted by atomic mass is 10.2. The van der Waals surface area contributed by atoms with E-state index in [4.69, 9.17) is 0 Å². The number of carbonyl (C=O) groups excluding carboxylic acids is 1. The summed E-state index contributed by atoms with van der Waals surface area (Å²) in [5.74, 6) is -0.386. The number of amides is 1. The van der Waals surface area contributed by atoms with E-state index in [0.29, 0.717) is 21.0 Å². The number of hydrogen-bond acceptors (Lipinski definition) is 6. The number of fused-ring (bicyclic) bond motifs is 2. The molecule has 0 radical (unpaired) electrons. The first-order valence-electron chi connectivity index (χ1n) is 9.47. The van der Waals surface area contributed by atoms with Crippen LogP contribution in [-0.2, 0) is 11.3 Å². The lowest BCUT2D eigenvalue weighted by Crippen LogP contribution is -2.40. The molecule has 0 bridgehead atoms. The van der Waals surface area contributed by atoms with Crippen molar-refractivity contribution < 1.29 is 4.79 Å². The molecular formula is C22H16N4O3S2. The fraction of sp³-hybridized carbons (Fsp3) is 0.0909. The molecule has 0 unspecified atom stereocenters. The number of aromatic nitrogens is 3. The van der Waals surface area contributed by atoms with Gasteiger partial charge in [0.05, 0.1) is 21.4 Å². The molecule has 154 valence electrons. The van der Waals surface area contributed by atoms with Gasteiger partial charge in [0.15, 0.2) is 5.13 Å². The largest absolute Gasteiger partial charge is 0.336 e. The minimum absolute atomic E-state index is 0.228. The molecule has 0 aliphatic heterocycles. The number of thiazole rings is 1. The number of nitrogens with zero attached hydrogens (tertiary/aromatic N) is 3. The van der Waals surface area contributed by atoms with Gasteiger partial charge in [0.1, 0.15) is 11.2 Å². The van der Waals surface area contributed by atoms with Crippen molar-refractivity contribution in [1.29, 1.82) is 0 Å². The number of anilines is 1. The van der Waals surface area contributed by atoms with Gasteiger partial charge >= 0.3 is 5.69 Å². The van der Waals surface area contributed by atoms with Crippen LogP contribution in [0.1, 0.15) is 5.56 Å². The van der Waals surface area contributed by atoms with Gasteiger partial charge in [-0.2, -0.15) is 0 Å². The van der Waals surface area contributed by atoms with Gasteiger partial charge in [-0.05, 0) is 42.1 Å². The molecule has 1 amide bonds. The van der Waals surface area contributed by atoms with E-state index in [1.165, 1.54) is 27.2 Å². The van der Waals surface area contributed by atoms with Crippen LogP contribution >= 0.6 is 22.7 Å². The van der Waals surface area contributed by atoms with Crippen molar-refractivity contribution in [3.63, 3.8) is 0 Å². The quantitative estimate of drug-likeness (QED) is 0.454. The summed E-state index contributed by atoms with van der Waals surface area (Å²) in [5.41, 5.74) is 1.62. The maximum absolute atomic E-state index is 13.3. The third-order valence-corrected chi connectivity index (χ3v) is 6.80. The number of hydrogen-bond donors (Lipinski definition) is 1. The van der Waals surface area contributed by atoms with E-state index in [-0.39, 0.29) is 18.0 Å². The summed E-state index contributed by atoms with van der Waals surface area (Å²) >= 11 is 2.62. The average Bonchev–Trinajstić information content (AvgIpc) is 3.39. The molecule has 5 aromatic rings. The zero-order chi connectivity index (χ0) is 21.5. The molecule has 1 N–H and O–H groups in total. The Morgan fingerprint density at radius 1 is 1.06 bits per heavy atom. The highest BCUT2D eigenvalue weighted by Gasteiger charge is 2.19. The number of nitrogens with one attached hydrogen (secondary N) is 1. The summed E-state index contributed by atoms with van der Waals surface area (Å²) in [5, 5.41) is 4.99. The fourth-order valence-corrected chi connectivity index (χ4v) is 5.20. The van der Waals surface area contributed by atoms with Gasteiger partial charge in [-0.25, -0.2) is 14.3 Å². The van der Waals surface area contributed by atoms with Crippen LogP contribution in [0.2, 0.25) is 0 Å². The molecule has 0 saturated carbocycles. The van der Waals surface area contributed by atoms with E-state index in [1.54, 1.807) is 23.6 Å². The Bertz CT molecular complexity index is 1540. The minimum Gasteiger partial charge on any atom is -0.300 e. The summed E-state index contributed by atoms with van der Waals surface area (Å²) in [6, 6.07) is 16.5. The van der Waals surface area contributed by atoms with Crippen molar-refractivity contribution in [2.75, 3.05) is 5.32 Å². The molecule has 0 atom stereocenters.